The quantitative estimate of drug-likeness (QED) is 0.835. The highest BCUT2D eigenvalue weighted by Crippen LogP contribution is 2.20. The Morgan fingerprint density at radius 3 is 2.42 bits per heavy atom. The zero-order valence-corrected chi connectivity index (χ0v) is 11.7. The fraction of sp³-hybridized carbons (Fsp3) is 0.308. The molecule has 1 aromatic carbocycles. The van der Waals surface area contributed by atoms with Crippen molar-refractivity contribution in [1.82, 2.24) is 4.68 Å². The minimum absolute atomic E-state index is 0.219. The molecule has 4 nitrogen and oxygen atoms in total. The van der Waals surface area contributed by atoms with Gasteiger partial charge < -0.3 is 10.1 Å². The highest BCUT2D eigenvalue weighted by atomic mass is 35.5. The van der Waals surface area contributed by atoms with Crippen molar-refractivity contribution in [1.29, 1.82) is 0 Å². The number of aromatic carboxylic acids is 1. The summed E-state index contributed by atoms with van der Waals surface area (Å²) in [4.78, 5) is 11.4. The van der Waals surface area contributed by atoms with E-state index < -0.39 is 5.97 Å². The third kappa shape index (κ3) is 2.80. The van der Waals surface area contributed by atoms with Gasteiger partial charge in [-0.3, -0.25) is 4.68 Å². The number of alkyl halides is 2. The van der Waals surface area contributed by atoms with Crippen LogP contribution in [0.25, 0.3) is 10.9 Å². The fourth-order valence-electron chi connectivity index (χ4n) is 2.10. The monoisotopic (exact) mass is 300 g/mol. The summed E-state index contributed by atoms with van der Waals surface area (Å²) in [5, 5.41) is 12.1. The van der Waals surface area contributed by atoms with Crippen LogP contribution in [0.15, 0.2) is 30.3 Å². The molecule has 0 saturated heterocycles. The Kier molecular flexibility index (Phi) is 4.56. The van der Waals surface area contributed by atoms with Gasteiger partial charge in [0.05, 0.1) is 5.52 Å². The number of nitrogens with zero attached hydrogens (tertiary/aromatic N) is 2. The summed E-state index contributed by atoms with van der Waals surface area (Å²) in [5.41, 5.74) is 1.06. The highest BCUT2D eigenvalue weighted by molar-refractivity contribution is 6.18. The summed E-state index contributed by atoms with van der Waals surface area (Å²) in [6.45, 7) is 1.07. The number of carboxylic acid groups (broad SMARTS) is 1. The predicted octanol–water partition coefficient (Wildman–Crippen LogP) is 2.76. The maximum absolute atomic E-state index is 11.4. The van der Waals surface area contributed by atoms with Gasteiger partial charge in [0.1, 0.15) is 5.69 Å². The normalized spacial score (nSPS) is 10.8. The van der Waals surface area contributed by atoms with Crippen LogP contribution in [0.3, 0.4) is 0 Å². The first-order chi connectivity index (χ1) is 9.19. The summed E-state index contributed by atoms with van der Waals surface area (Å²) in [7, 11) is 0. The average molecular weight is 301 g/mol. The minimum atomic E-state index is -0.967. The molecule has 0 aliphatic heterocycles. The molecule has 1 aromatic heterocycles. The van der Waals surface area contributed by atoms with Crippen LogP contribution in [0.2, 0.25) is 0 Å². The summed E-state index contributed by atoms with van der Waals surface area (Å²) in [6, 6.07) is 9.19. The van der Waals surface area contributed by atoms with E-state index in [-0.39, 0.29) is 5.69 Å². The highest BCUT2D eigenvalue weighted by Gasteiger charge is 2.18. The van der Waals surface area contributed by atoms with Crippen molar-refractivity contribution in [2.45, 2.75) is 0 Å². The van der Waals surface area contributed by atoms with Crippen LogP contribution in [0.5, 0.6) is 0 Å². The molecule has 2 rings (SSSR count). The molecule has 1 heterocycles. The largest absolute Gasteiger partial charge is 0.477 e. The van der Waals surface area contributed by atoms with Gasteiger partial charge in [-0.15, -0.1) is 23.2 Å². The van der Waals surface area contributed by atoms with Crippen molar-refractivity contribution in [2.75, 3.05) is 29.9 Å². The molecule has 6 heteroatoms. The fourth-order valence-corrected chi connectivity index (χ4v) is 2.49. The Bertz CT molecular complexity index is 577. The number of hydrogen-bond donors (Lipinski definition) is 1. The molecule has 0 fully saturated rings. The van der Waals surface area contributed by atoms with Gasteiger partial charge in [0.25, 0.3) is 0 Å². The summed E-state index contributed by atoms with van der Waals surface area (Å²) in [6.07, 6.45) is 0. The van der Waals surface area contributed by atoms with Crippen molar-refractivity contribution < 1.29 is 9.90 Å². The number of para-hydroxylation sites is 1. The van der Waals surface area contributed by atoms with Crippen LogP contribution in [0.1, 0.15) is 10.5 Å². The third-order valence-electron chi connectivity index (χ3n) is 2.87. The summed E-state index contributed by atoms with van der Waals surface area (Å²) >= 11 is 11.6. The number of carboxylic acids is 1. The second kappa shape index (κ2) is 6.17. The van der Waals surface area contributed by atoms with Gasteiger partial charge >= 0.3 is 5.97 Å². The number of benzene rings is 1. The number of hydrogen-bond acceptors (Lipinski definition) is 2. The summed E-state index contributed by atoms with van der Waals surface area (Å²) < 4.78 is 1.68. The molecule has 102 valence electrons. The second-order valence-electron chi connectivity index (χ2n) is 4.04. The maximum Gasteiger partial charge on any atom is 0.354 e. The van der Waals surface area contributed by atoms with Gasteiger partial charge in [0.2, 0.25) is 0 Å². The molecule has 0 unspecified atom stereocenters. The number of carbonyl (C=O) groups is 1. The second-order valence-corrected chi connectivity index (χ2v) is 4.79. The molecule has 0 spiro atoms. The lowest BCUT2D eigenvalue weighted by atomic mass is 10.2. The SMILES string of the molecule is O=C(O)c1cc2ccccc2n1N(CCCl)CCCl. The van der Waals surface area contributed by atoms with Crippen LogP contribution in [-0.2, 0) is 0 Å². The third-order valence-corrected chi connectivity index (χ3v) is 3.21. The van der Waals surface area contributed by atoms with E-state index in [1.165, 1.54) is 0 Å². The molecule has 0 amide bonds. The molecule has 0 saturated carbocycles. The van der Waals surface area contributed by atoms with E-state index in [0.717, 1.165) is 10.9 Å². The van der Waals surface area contributed by atoms with Gasteiger partial charge in [-0.2, -0.15) is 0 Å². The van der Waals surface area contributed by atoms with Crippen molar-refractivity contribution in [2.24, 2.45) is 0 Å². The Morgan fingerprint density at radius 1 is 1.21 bits per heavy atom. The smallest absolute Gasteiger partial charge is 0.354 e. The van der Waals surface area contributed by atoms with Crippen molar-refractivity contribution in [3.05, 3.63) is 36.0 Å². The molecule has 0 radical (unpaired) electrons. The number of rotatable bonds is 6. The maximum atomic E-state index is 11.4. The van der Waals surface area contributed by atoms with E-state index in [0.29, 0.717) is 24.8 Å². The molecule has 2 aromatic rings. The molecule has 19 heavy (non-hydrogen) atoms. The standard InChI is InChI=1S/C13H14Cl2N2O2/c14-5-7-16(8-6-15)17-11-4-2-1-3-10(11)9-12(17)13(18)19/h1-4,9H,5-8H2,(H,18,19). The van der Waals surface area contributed by atoms with E-state index in [9.17, 15) is 9.90 Å². The lowest BCUT2D eigenvalue weighted by Gasteiger charge is -2.26. The Morgan fingerprint density at radius 2 is 1.84 bits per heavy atom. The average Bonchev–Trinajstić information content (AvgIpc) is 2.78. The first-order valence-electron chi connectivity index (χ1n) is 5.90. The van der Waals surface area contributed by atoms with E-state index in [1.807, 2.05) is 29.3 Å². The van der Waals surface area contributed by atoms with E-state index >= 15 is 0 Å². The van der Waals surface area contributed by atoms with E-state index in [1.54, 1.807) is 10.7 Å². The van der Waals surface area contributed by atoms with Crippen molar-refractivity contribution in [3.63, 3.8) is 0 Å². The molecular formula is C13H14Cl2N2O2. The van der Waals surface area contributed by atoms with Gasteiger partial charge in [-0.1, -0.05) is 18.2 Å². The van der Waals surface area contributed by atoms with Crippen LogP contribution >= 0.6 is 23.2 Å². The van der Waals surface area contributed by atoms with Crippen molar-refractivity contribution >= 4 is 40.1 Å². The van der Waals surface area contributed by atoms with Crippen molar-refractivity contribution in [3.8, 4) is 0 Å². The summed E-state index contributed by atoms with van der Waals surface area (Å²) in [5.74, 6) is -0.157. The predicted molar refractivity (Wildman–Crippen MR) is 78.3 cm³/mol. The van der Waals surface area contributed by atoms with Gasteiger partial charge in [0.15, 0.2) is 0 Å². The number of aromatic nitrogens is 1. The van der Waals surface area contributed by atoms with Crippen LogP contribution in [0.4, 0.5) is 0 Å². The molecule has 1 N–H and O–H groups in total. The minimum Gasteiger partial charge on any atom is -0.477 e. The van der Waals surface area contributed by atoms with E-state index in [2.05, 4.69) is 0 Å². The lowest BCUT2D eigenvalue weighted by Crippen LogP contribution is -2.39. The zero-order valence-electron chi connectivity index (χ0n) is 10.2. The molecule has 0 atom stereocenters. The first kappa shape index (κ1) is 14.0. The molecular weight excluding hydrogens is 287 g/mol. The Balaban J connectivity index is 2.59. The van der Waals surface area contributed by atoms with Gasteiger partial charge in [-0.05, 0) is 12.1 Å². The zero-order chi connectivity index (χ0) is 13.8. The van der Waals surface area contributed by atoms with E-state index in [4.69, 9.17) is 23.2 Å². The van der Waals surface area contributed by atoms with Crippen LogP contribution in [0, 0.1) is 0 Å². The molecule has 0 aliphatic rings. The number of fused-ring (bicyclic) bond motifs is 1. The Labute approximate surface area is 121 Å². The topological polar surface area (TPSA) is 45.5 Å². The molecule has 0 aliphatic carbocycles. The van der Waals surface area contributed by atoms with Gasteiger partial charge in [0, 0.05) is 30.2 Å². The first-order valence-corrected chi connectivity index (χ1v) is 6.97. The number of halogens is 2. The Hall–Kier alpha value is -1.39. The van der Waals surface area contributed by atoms with Crippen LogP contribution < -0.4 is 5.01 Å². The van der Waals surface area contributed by atoms with Gasteiger partial charge in [-0.25, -0.2) is 4.79 Å². The van der Waals surface area contributed by atoms with Crippen LogP contribution in [-0.4, -0.2) is 40.6 Å². The lowest BCUT2D eigenvalue weighted by molar-refractivity contribution is 0.0685. The molecule has 0 bridgehead atoms.